The molecular weight excluding hydrogens is 270 g/mol. The third-order valence-electron chi connectivity index (χ3n) is 3.75. The van der Waals surface area contributed by atoms with E-state index >= 15 is 0 Å². The number of allylic oxidation sites excluding steroid dienone is 9. The van der Waals surface area contributed by atoms with Gasteiger partial charge in [-0.15, -0.1) is 0 Å². The highest BCUT2D eigenvalue weighted by Crippen LogP contribution is 2.40. The summed E-state index contributed by atoms with van der Waals surface area (Å²) in [7, 11) is 0. The molecule has 0 atom stereocenters. The van der Waals surface area contributed by atoms with Gasteiger partial charge in [0.2, 0.25) is 0 Å². The summed E-state index contributed by atoms with van der Waals surface area (Å²) in [5, 5.41) is 8.49. The molecule has 0 amide bonds. The highest BCUT2D eigenvalue weighted by atomic mass is 19.1. The van der Waals surface area contributed by atoms with Gasteiger partial charge in [0.15, 0.2) is 0 Å². The van der Waals surface area contributed by atoms with Gasteiger partial charge in [-0.3, -0.25) is 0 Å². The molecule has 116 valence electrons. The quantitative estimate of drug-likeness (QED) is 0.680. The summed E-state index contributed by atoms with van der Waals surface area (Å²) in [6.07, 6.45) is 11.2. The first-order valence-corrected chi connectivity index (χ1v) is 7.25. The number of rotatable bonds is 5. The van der Waals surface area contributed by atoms with Crippen molar-refractivity contribution in [3.8, 4) is 0 Å². The summed E-state index contributed by atoms with van der Waals surface area (Å²) in [5.74, 6) is -1.01. The van der Waals surface area contributed by atoms with Crippen molar-refractivity contribution < 1.29 is 13.9 Å². The Morgan fingerprint density at radius 3 is 2.57 bits per heavy atom. The van der Waals surface area contributed by atoms with Gasteiger partial charge in [-0.05, 0) is 61.5 Å². The predicted octanol–water partition coefficient (Wildman–Crippen LogP) is 5.32. The zero-order valence-electron chi connectivity index (χ0n) is 13.0. The molecule has 1 rings (SSSR count). The fourth-order valence-electron chi connectivity index (χ4n) is 2.62. The number of aliphatic hydroxyl groups excluding tert-OH is 1. The minimum atomic E-state index is -0.586. The maximum absolute atomic E-state index is 13.7. The lowest BCUT2D eigenvalue weighted by Gasteiger charge is -2.32. The Bertz CT molecular complexity index is 505. The SMILES string of the molecule is CC1=C(/C=C/C(F)=C/C=C/C(F)=C\CO)C(C)(C)CCC1. The molecule has 1 aliphatic rings. The molecule has 0 spiro atoms. The lowest BCUT2D eigenvalue weighted by Crippen LogP contribution is -2.19. The number of hydrogen-bond acceptors (Lipinski definition) is 1. The van der Waals surface area contributed by atoms with Gasteiger partial charge >= 0.3 is 0 Å². The van der Waals surface area contributed by atoms with Crippen LogP contribution in [0.4, 0.5) is 8.78 Å². The molecule has 0 aromatic heterocycles. The molecule has 0 unspecified atom stereocenters. The lowest BCUT2D eigenvalue weighted by molar-refractivity contribution is 0.339. The molecule has 0 aromatic rings. The first-order valence-electron chi connectivity index (χ1n) is 7.25. The summed E-state index contributed by atoms with van der Waals surface area (Å²) in [6, 6.07) is 0. The largest absolute Gasteiger partial charge is 0.392 e. The Balaban J connectivity index is 2.78. The van der Waals surface area contributed by atoms with Crippen LogP contribution < -0.4 is 0 Å². The van der Waals surface area contributed by atoms with Crippen LogP contribution in [0.25, 0.3) is 0 Å². The van der Waals surface area contributed by atoms with E-state index in [2.05, 4.69) is 20.8 Å². The summed E-state index contributed by atoms with van der Waals surface area (Å²) in [5.41, 5.74) is 2.57. The van der Waals surface area contributed by atoms with Crippen molar-refractivity contribution in [2.45, 2.75) is 40.0 Å². The minimum absolute atomic E-state index is 0.0743. The average Bonchev–Trinajstić information content (AvgIpc) is 2.37. The molecule has 1 nitrogen and oxygen atoms in total. The molecule has 0 aliphatic heterocycles. The van der Waals surface area contributed by atoms with E-state index in [4.69, 9.17) is 5.11 Å². The fourth-order valence-corrected chi connectivity index (χ4v) is 2.62. The van der Waals surface area contributed by atoms with E-state index in [0.29, 0.717) is 0 Å². The molecule has 3 heteroatoms. The topological polar surface area (TPSA) is 20.2 Å². The molecule has 21 heavy (non-hydrogen) atoms. The smallest absolute Gasteiger partial charge is 0.123 e. The minimum Gasteiger partial charge on any atom is -0.392 e. The van der Waals surface area contributed by atoms with E-state index in [0.717, 1.165) is 25.0 Å². The lowest BCUT2D eigenvalue weighted by atomic mass is 9.72. The molecular formula is C18H24F2O. The van der Waals surface area contributed by atoms with Crippen LogP contribution in [0.15, 0.2) is 59.3 Å². The van der Waals surface area contributed by atoms with Crippen LogP contribution >= 0.6 is 0 Å². The van der Waals surface area contributed by atoms with Crippen molar-refractivity contribution in [2.75, 3.05) is 6.61 Å². The maximum Gasteiger partial charge on any atom is 0.123 e. The first-order chi connectivity index (χ1) is 9.86. The summed E-state index contributed by atoms with van der Waals surface area (Å²) in [6.45, 7) is 6.07. The Morgan fingerprint density at radius 2 is 1.95 bits per heavy atom. The van der Waals surface area contributed by atoms with Crippen molar-refractivity contribution in [2.24, 2.45) is 5.41 Å². The zero-order chi connectivity index (χ0) is 15.9. The molecule has 0 bridgehead atoms. The molecule has 0 fully saturated rings. The molecule has 0 heterocycles. The van der Waals surface area contributed by atoms with E-state index in [1.165, 1.54) is 35.8 Å². The van der Waals surface area contributed by atoms with Gasteiger partial charge in [0.05, 0.1) is 6.61 Å². The van der Waals surface area contributed by atoms with Gasteiger partial charge in [0, 0.05) is 0 Å². The first kappa shape index (κ1) is 17.6. The van der Waals surface area contributed by atoms with Crippen LogP contribution in [0.2, 0.25) is 0 Å². The van der Waals surface area contributed by atoms with Crippen molar-refractivity contribution in [1.29, 1.82) is 0 Å². The van der Waals surface area contributed by atoms with Gasteiger partial charge < -0.3 is 5.11 Å². The molecule has 1 N–H and O–H groups in total. The Morgan fingerprint density at radius 1 is 1.24 bits per heavy atom. The Labute approximate surface area is 126 Å². The Kier molecular flexibility index (Phi) is 6.76. The van der Waals surface area contributed by atoms with Crippen LogP contribution in [0.1, 0.15) is 40.0 Å². The average molecular weight is 294 g/mol. The van der Waals surface area contributed by atoms with E-state index < -0.39 is 11.7 Å². The van der Waals surface area contributed by atoms with Crippen molar-refractivity contribution >= 4 is 0 Å². The summed E-state index contributed by atoms with van der Waals surface area (Å²) < 4.78 is 26.6. The maximum atomic E-state index is 13.7. The van der Waals surface area contributed by atoms with E-state index in [1.807, 2.05) is 6.08 Å². The molecule has 0 saturated heterocycles. The van der Waals surface area contributed by atoms with Gasteiger partial charge in [-0.25, -0.2) is 8.78 Å². The zero-order valence-corrected chi connectivity index (χ0v) is 13.0. The standard InChI is InChI=1S/C18H24F2O/c1-14-6-5-12-18(2,3)17(14)10-9-15(19)7-4-8-16(20)11-13-21/h4,7-11,21H,5-6,12-13H2,1-3H3/b8-4+,10-9+,15-7-,16-11+. The highest BCUT2D eigenvalue weighted by Gasteiger charge is 2.26. The molecule has 0 radical (unpaired) electrons. The van der Waals surface area contributed by atoms with Crippen LogP contribution in [0.5, 0.6) is 0 Å². The fraction of sp³-hybridized carbons (Fsp3) is 0.444. The van der Waals surface area contributed by atoms with Crippen LogP contribution in [0, 0.1) is 5.41 Å². The second-order valence-corrected chi connectivity index (χ2v) is 5.95. The molecule has 0 saturated carbocycles. The Hall–Kier alpha value is -1.48. The van der Waals surface area contributed by atoms with E-state index in [9.17, 15) is 8.78 Å². The third kappa shape index (κ3) is 5.80. The van der Waals surface area contributed by atoms with Crippen molar-refractivity contribution in [1.82, 2.24) is 0 Å². The van der Waals surface area contributed by atoms with E-state index in [-0.39, 0.29) is 12.0 Å². The molecule has 0 aromatic carbocycles. The predicted molar refractivity (Wildman–Crippen MR) is 84.1 cm³/mol. The van der Waals surface area contributed by atoms with Gasteiger partial charge in [0.1, 0.15) is 11.7 Å². The van der Waals surface area contributed by atoms with Gasteiger partial charge in [-0.2, -0.15) is 0 Å². The second-order valence-electron chi connectivity index (χ2n) is 5.95. The van der Waals surface area contributed by atoms with Crippen molar-refractivity contribution in [3.05, 3.63) is 59.3 Å². The summed E-state index contributed by atoms with van der Waals surface area (Å²) >= 11 is 0. The van der Waals surface area contributed by atoms with Gasteiger partial charge in [-0.1, -0.05) is 31.6 Å². The normalized spacial score (nSPS) is 20.9. The number of aliphatic hydroxyl groups is 1. The van der Waals surface area contributed by atoms with Crippen molar-refractivity contribution in [3.63, 3.8) is 0 Å². The van der Waals surface area contributed by atoms with Crippen LogP contribution in [-0.4, -0.2) is 11.7 Å². The van der Waals surface area contributed by atoms with Crippen LogP contribution in [0.3, 0.4) is 0 Å². The monoisotopic (exact) mass is 294 g/mol. The number of halogens is 2. The number of hydrogen-bond donors (Lipinski definition) is 1. The molecule has 1 aliphatic carbocycles. The van der Waals surface area contributed by atoms with E-state index in [1.54, 1.807) is 0 Å². The second kappa shape index (κ2) is 8.08. The highest BCUT2D eigenvalue weighted by molar-refractivity contribution is 5.35. The van der Waals surface area contributed by atoms with Crippen LogP contribution in [-0.2, 0) is 0 Å². The third-order valence-corrected chi connectivity index (χ3v) is 3.75. The summed E-state index contributed by atoms with van der Waals surface area (Å²) in [4.78, 5) is 0. The van der Waals surface area contributed by atoms with Gasteiger partial charge in [0.25, 0.3) is 0 Å².